The Kier molecular flexibility index (Phi) is 4.69. The number of hydrogen-bond acceptors (Lipinski definition) is 5. The number of fused-ring (bicyclic) bond motifs is 1. The Bertz CT molecular complexity index is 940. The second-order valence-corrected chi connectivity index (χ2v) is 6.39. The van der Waals surface area contributed by atoms with Crippen molar-refractivity contribution in [3.8, 4) is 0 Å². The van der Waals surface area contributed by atoms with E-state index in [-0.39, 0.29) is 5.91 Å². The molecule has 6 nitrogen and oxygen atoms in total. The van der Waals surface area contributed by atoms with Gasteiger partial charge in [0.25, 0.3) is 5.91 Å². The molecule has 0 atom stereocenters. The molecule has 1 fully saturated rings. The average Bonchev–Trinajstić information content (AvgIpc) is 2.69. The van der Waals surface area contributed by atoms with Gasteiger partial charge in [0.05, 0.1) is 23.8 Å². The summed E-state index contributed by atoms with van der Waals surface area (Å²) in [4.78, 5) is 23.6. The van der Waals surface area contributed by atoms with Crippen molar-refractivity contribution in [1.29, 1.82) is 0 Å². The molecule has 3 heterocycles. The Morgan fingerprint density at radius 3 is 2.54 bits per heavy atom. The number of nitrogens with zero attached hydrogens (tertiary/aromatic N) is 3. The number of morpholine rings is 1. The fourth-order valence-corrected chi connectivity index (χ4v) is 3.13. The zero-order valence-corrected chi connectivity index (χ0v) is 14.7. The third kappa shape index (κ3) is 3.34. The lowest BCUT2D eigenvalue weighted by atomic mass is 10.1. The summed E-state index contributed by atoms with van der Waals surface area (Å²) in [6, 6.07) is 11.1. The van der Waals surface area contributed by atoms with Crippen LogP contribution in [0.3, 0.4) is 0 Å². The Balaban J connectivity index is 1.69. The van der Waals surface area contributed by atoms with Gasteiger partial charge in [0.15, 0.2) is 0 Å². The number of carbonyl (C=O) groups excluding carboxylic acids is 1. The summed E-state index contributed by atoms with van der Waals surface area (Å²) in [5.41, 5.74) is 0.509. The van der Waals surface area contributed by atoms with E-state index in [4.69, 9.17) is 16.3 Å². The van der Waals surface area contributed by atoms with Crippen molar-refractivity contribution >= 4 is 39.9 Å². The lowest BCUT2D eigenvalue weighted by molar-refractivity contribution is 0.102. The van der Waals surface area contributed by atoms with E-state index < -0.39 is 0 Å². The van der Waals surface area contributed by atoms with Crippen LogP contribution >= 0.6 is 11.6 Å². The summed E-state index contributed by atoms with van der Waals surface area (Å²) < 4.78 is 5.42. The highest BCUT2D eigenvalue weighted by molar-refractivity contribution is 6.30. The Morgan fingerprint density at radius 2 is 1.81 bits per heavy atom. The molecule has 1 aliphatic heterocycles. The van der Waals surface area contributed by atoms with E-state index in [9.17, 15) is 4.79 Å². The highest BCUT2D eigenvalue weighted by Crippen LogP contribution is 2.28. The molecule has 1 saturated heterocycles. The first kappa shape index (κ1) is 16.8. The number of aromatic nitrogens is 2. The molecule has 1 aromatic carbocycles. The molecule has 0 aliphatic carbocycles. The number of anilines is 2. The first-order valence-electron chi connectivity index (χ1n) is 8.36. The molecule has 7 heteroatoms. The molecule has 2 aromatic heterocycles. The molecule has 0 spiro atoms. The number of pyridine rings is 2. The third-order valence-electron chi connectivity index (χ3n) is 4.30. The van der Waals surface area contributed by atoms with Crippen LogP contribution < -0.4 is 10.2 Å². The number of nitrogens with one attached hydrogen (secondary N) is 1. The van der Waals surface area contributed by atoms with Crippen molar-refractivity contribution in [2.75, 3.05) is 36.5 Å². The number of halogens is 1. The smallest absolute Gasteiger partial charge is 0.259 e. The number of amides is 1. The van der Waals surface area contributed by atoms with Gasteiger partial charge in [-0.1, -0.05) is 35.9 Å². The van der Waals surface area contributed by atoms with E-state index in [0.717, 1.165) is 29.7 Å². The molecule has 1 aliphatic rings. The van der Waals surface area contributed by atoms with Crippen LogP contribution in [0.1, 0.15) is 10.4 Å². The van der Waals surface area contributed by atoms with Gasteiger partial charge in [0.2, 0.25) is 0 Å². The van der Waals surface area contributed by atoms with Gasteiger partial charge < -0.3 is 15.0 Å². The normalized spacial score (nSPS) is 14.4. The molecular weight excluding hydrogens is 352 g/mol. The number of hydrogen-bond donors (Lipinski definition) is 1. The van der Waals surface area contributed by atoms with E-state index in [1.54, 1.807) is 18.3 Å². The van der Waals surface area contributed by atoms with Gasteiger partial charge in [-0.05, 0) is 17.5 Å². The minimum absolute atomic E-state index is 0.253. The van der Waals surface area contributed by atoms with Crippen molar-refractivity contribution in [2.24, 2.45) is 0 Å². The standard InChI is InChI=1S/C19H17ClN4O2/c20-13-5-6-17(21-11-13)23-19(25)16-12-22-18(24-7-9-26-10-8-24)15-4-2-1-3-14(15)16/h1-6,11-12H,7-10H2,(H,21,23,25). The van der Waals surface area contributed by atoms with Crippen LogP contribution in [0.4, 0.5) is 11.6 Å². The van der Waals surface area contributed by atoms with Crippen molar-refractivity contribution in [3.05, 3.63) is 59.4 Å². The zero-order valence-electron chi connectivity index (χ0n) is 14.0. The van der Waals surface area contributed by atoms with Gasteiger partial charge in [-0.3, -0.25) is 4.79 Å². The van der Waals surface area contributed by atoms with Crippen molar-refractivity contribution in [2.45, 2.75) is 0 Å². The van der Waals surface area contributed by atoms with Gasteiger partial charge in [-0.2, -0.15) is 0 Å². The van der Waals surface area contributed by atoms with E-state index in [2.05, 4.69) is 20.2 Å². The van der Waals surface area contributed by atoms with Crippen molar-refractivity contribution in [3.63, 3.8) is 0 Å². The van der Waals surface area contributed by atoms with E-state index >= 15 is 0 Å². The van der Waals surface area contributed by atoms with Crippen LogP contribution in [-0.2, 0) is 4.74 Å². The minimum Gasteiger partial charge on any atom is -0.378 e. The lowest BCUT2D eigenvalue weighted by Crippen LogP contribution is -2.37. The second kappa shape index (κ2) is 7.27. The Morgan fingerprint density at radius 1 is 1.04 bits per heavy atom. The molecule has 0 radical (unpaired) electrons. The third-order valence-corrected chi connectivity index (χ3v) is 4.52. The maximum Gasteiger partial charge on any atom is 0.259 e. The van der Waals surface area contributed by atoms with Crippen LogP contribution in [-0.4, -0.2) is 42.2 Å². The van der Waals surface area contributed by atoms with Gasteiger partial charge in [0, 0.05) is 30.9 Å². The largest absolute Gasteiger partial charge is 0.378 e. The van der Waals surface area contributed by atoms with Crippen LogP contribution in [0.5, 0.6) is 0 Å². The molecule has 0 unspecified atom stereocenters. The molecular formula is C19H17ClN4O2. The number of rotatable bonds is 3. The lowest BCUT2D eigenvalue weighted by Gasteiger charge is -2.29. The maximum atomic E-state index is 12.7. The molecule has 0 saturated carbocycles. The van der Waals surface area contributed by atoms with Crippen LogP contribution in [0.2, 0.25) is 5.02 Å². The second-order valence-electron chi connectivity index (χ2n) is 5.96. The SMILES string of the molecule is O=C(Nc1ccc(Cl)cn1)c1cnc(N2CCOCC2)c2ccccc12. The monoisotopic (exact) mass is 368 g/mol. The fraction of sp³-hybridized carbons (Fsp3) is 0.211. The highest BCUT2D eigenvalue weighted by Gasteiger charge is 2.19. The van der Waals surface area contributed by atoms with E-state index in [1.165, 1.54) is 6.20 Å². The summed E-state index contributed by atoms with van der Waals surface area (Å²) >= 11 is 5.84. The van der Waals surface area contributed by atoms with Crippen LogP contribution in [0.15, 0.2) is 48.8 Å². The summed E-state index contributed by atoms with van der Waals surface area (Å²) in [5, 5.41) is 5.12. The van der Waals surface area contributed by atoms with Gasteiger partial charge in [-0.15, -0.1) is 0 Å². The summed E-state index contributed by atoms with van der Waals surface area (Å²) in [6.45, 7) is 2.94. The maximum absolute atomic E-state index is 12.7. The van der Waals surface area contributed by atoms with E-state index in [0.29, 0.717) is 29.6 Å². The van der Waals surface area contributed by atoms with Crippen LogP contribution in [0.25, 0.3) is 10.8 Å². The first-order valence-corrected chi connectivity index (χ1v) is 8.73. The highest BCUT2D eigenvalue weighted by atomic mass is 35.5. The summed E-state index contributed by atoms with van der Waals surface area (Å²) in [5.74, 6) is 1.07. The molecule has 4 rings (SSSR count). The topological polar surface area (TPSA) is 67.4 Å². The molecule has 0 bridgehead atoms. The zero-order chi connectivity index (χ0) is 17.9. The van der Waals surface area contributed by atoms with Gasteiger partial charge in [0.1, 0.15) is 11.6 Å². The first-order chi connectivity index (χ1) is 12.7. The number of ether oxygens (including phenoxy) is 1. The predicted octanol–water partition coefficient (Wildman–Crippen LogP) is 3.37. The fourth-order valence-electron chi connectivity index (χ4n) is 3.02. The molecule has 3 aromatic rings. The Hall–Kier alpha value is -2.70. The number of carbonyl (C=O) groups is 1. The van der Waals surface area contributed by atoms with Crippen LogP contribution in [0, 0.1) is 0 Å². The van der Waals surface area contributed by atoms with Gasteiger partial charge in [-0.25, -0.2) is 9.97 Å². The average molecular weight is 369 g/mol. The quantitative estimate of drug-likeness (QED) is 0.767. The molecule has 132 valence electrons. The van der Waals surface area contributed by atoms with E-state index in [1.807, 2.05) is 24.3 Å². The Labute approximate surface area is 155 Å². The summed E-state index contributed by atoms with van der Waals surface area (Å²) in [7, 11) is 0. The molecule has 26 heavy (non-hydrogen) atoms. The van der Waals surface area contributed by atoms with Gasteiger partial charge >= 0.3 is 0 Å². The molecule has 1 N–H and O–H groups in total. The molecule has 1 amide bonds. The van der Waals surface area contributed by atoms with Crippen molar-refractivity contribution < 1.29 is 9.53 Å². The predicted molar refractivity (Wildman–Crippen MR) is 102 cm³/mol. The van der Waals surface area contributed by atoms with Crippen molar-refractivity contribution in [1.82, 2.24) is 9.97 Å². The minimum atomic E-state index is -0.253. The number of benzene rings is 1. The summed E-state index contributed by atoms with van der Waals surface area (Å²) in [6.07, 6.45) is 3.12.